The molecule has 0 fully saturated rings. The summed E-state index contributed by atoms with van der Waals surface area (Å²) in [7, 11) is 1.45. The molecule has 1 aliphatic heterocycles. The van der Waals surface area contributed by atoms with Crippen LogP contribution in [0.4, 0.5) is 10.5 Å². The lowest BCUT2D eigenvalue weighted by Gasteiger charge is -2.39. The second kappa shape index (κ2) is 7.56. The van der Waals surface area contributed by atoms with Crippen LogP contribution in [0.5, 0.6) is 0 Å². The van der Waals surface area contributed by atoms with Gasteiger partial charge in [0.05, 0.1) is 23.4 Å². The van der Waals surface area contributed by atoms with Crippen molar-refractivity contribution in [3.05, 3.63) is 28.8 Å². The van der Waals surface area contributed by atoms with Crippen LogP contribution in [0, 0.1) is 16.7 Å². The molecule has 0 spiro atoms. The van der Waals surface area contributed by atoms with Gasteiger partial charge in [0.15, 0.2) is 11.0 Å². The Morgan fingerprint density at radius 2 is 1.93 bits per heavy atom. The molecule has 2 amide bonds. The first-order chi connectivity index (χ1) is 13.4. The van der Waals surface area contributed by atoms with E-state index in [0.717, 1.165) is 0 Å². The van der Waals surface area contributed by atoms with Gasteiger partial charge in [-0.05, 0) is 40.7 Å². The normalized spacial score (nSPS) is 20.3. The van der Waals surface area contributed by atoms with E-state index in [2.05, 4.69) is 5.32 Å². The molecule has 0 aromatic heterocycles. The SMILES string of the molecule is CCOC(=O)C(C)(C#N)C1(NC(=O)OC(C)(C)C)C(=O)N(C)c2c(Cl)cccc21. The smallest absolute Gasteiger partial charge is 0.408 e. The monoisotopic (exact) mass is 421 g/mol. The number of amides is 2. The maximum Gasteiger partial charge on any atom is 0.408 e. The second-order valence-corrected chi connectivity index (χ2v) is 8.24. The number of alkyl carbamates (subject to hydrolysis) is 1. The Balaban J connectivity index is 2.80. The first-order valence-electron chi connectivity index (χ1n) is 9.02. The highest BCUT2D eigenvalue weighted by Gasteiger charge is 2.67. The number of anilines is 1. The number of hydrogen-bond acceptors (Lipinski definition) is 6. The van der Waals surface area contributed by atoms with Gasteiger partial charge in [-0.1, -0.05) is 23.7 Å². The van der Waals surface area contributed by atoms with Crippen molar-refractivity contribution in [2.75, 3.05) is 18.6 Å². The fraction of sp³-hybridized carbons (Fsp3) is 0.500. The number of rotatable bonds is 4. The molecular weight excluding hydrogens is 398 g/mol. The third kappa shape index (κ3) is 3.51. The molecule has 2 rings (SSSR count). The summed E-state index contributed by atoms with van der Waals surface area (Å²) < 4.78 is 10.4. The first kappa shape index (κ1) is 22.5. The summed E-state index contributed by atoms with van der Waals surface area (Å²) in [6.45, 7) is 7.79. The number of benzene rings is 1. The van der Waals surface area contributed by atoms with Gasteiger partial charge >= 0.3 is 12.1 Å². The molecule has 9 heteroatoms. The molecule has 1 aromatic rings. The van der Waals surface area contributed by atoms with Gasteiger partial charge in [0.2, 0.25) is 0 Å². The topological polar surface area (TPSA) is 109 Å². The summed E-state index contributed by atoms with van der Waals surface area (Å²) in [5.74, 6) is -1.66. The highest BCUT2D eigenvalue weighted by atomic mass is 35.5. The number of halogens is 1. The Labute approximate surface area is 174 Å². The fourth-order valence-corrected chi connectivity index (χ4v) is 3.67. The van der Waals surface area contributed by atoms with Gasteiger partial charge in [-0.2, -0.15) is 5.26 Å². The van der Waals surface area contributed by atoms with E-state index in [4.69, 9.17) is 21.1 Å². The van der Waals surface area contributed by atoms with Crippen LogP contribution in [-0.4, -0.2) is 37.2 Å². The van der Waals surface area contributed by atoms with Gasteiger partial charge in [0.1, 0.15) is 5.60 Å². The number of para-hydroxylation sites is 1. The number of fused-ring (bicyclic) bond motifs is 1. The predicted molar refractivity (Wildman–Crippen MR) is 106 cm³/mol. The molecule has 1 N–H and O–H groups in total. The van der Waals surface area contributed by atoms with Crippen molar-refractivity contribution in [2.45, 2.75) is 45.8 Å². The van der Waals surface area contributed by atoms with Crippen LogP contribution in [0.2, 0.25) is 5.02 Å². The zero-order chi connectivity index (χ0) is 22.2. The Bertz CT molecular complexity index is 904. The zero-order valence-electron chi connectivity index (χ0n) is 17.3. The van der Waals surface area contributed by atoms with Crippen molar-refractivity contribution in [2.24, 2.45) is 5.41 Å². The lowest BCUT2D eigenvalue weighted by Crippen LogP contribution is -2.64. The van der Waals surface area contributed by atoms with Crippen molar-refractivity contribution < 1.29 is 23.9 Å². The Kier molecular flexibility index (Phi) is 5.87. The van der Waals surface area contributed by atoms with Gasteiger partial charge in [0.25, 0.3) is 5.91 Å². The lowest BCUT2D eigenvalue weighted by molar-refractivity contribution is -0.158. The average Bonchev–Trinajstić information content (AvgIpc) is 2.83. The Hall–Kier alpha value is -2.79. The van der Waals surface area contributed by atoms with Gasteiger partial charge in [0, 0.05) is 12.6 Å². The van der Waals surface area contributed by atoms with E-state index < -0.39 is 34.5 Å². The Morgan fingerprint density at radius 3 is 2.45 bits per heavy atom. The molecule has 8 nitrogen and oxygen atoms in total. The van der Waals surface area contributed by atoms with E-state index in [0.29, 0.717) is 5.69 Å². The van der Waals surface area contributed by atoms with Crippen molar-refractivity contribution in [3.63, 3.8) is 0 Å². The number of likely N-dealkylation sites (N-methyl/N-ethyl adjacent to an activating group) is 1. The largest absolute Gasteiger partial charge is 0.465 e. The van der Waals surface area contributed by atoms with E-state index >= 15 is 0 Å². The molecule has 0 saturated carbocycles. The predicted octanol–water partition coefficient (Wildman–Crippen LogP) is 3.13. The van der Waals surface area contributed by atoms with Crippen LogP contribution < -0.4 is 10.2 Å². The highest BCUT2D eigenvalue weighted by molar-refractivity contribution is 6.35. The maximum absolute atomic E-state index is 13.5. The number of carbonyl (C=O) groups is 3. The average molecular weight is 422 g/mol. The quantitative estimate of drug-likeness (QED) is 0.748. The van der Waals surface area contributed by atoms with Crippen LogP contribution in [0.25, 0.3) is 0 Å². The molecule has 1 heterocycles. The van der Waals surface area contributed by atoms with Gasteiger partial charge in [-0.25, -0.2) is 4.79 Å². The molecular formula is C20H24ClN3O5. The minimum absolute atomic E-state index is 0.00888. The van der Waals surface area contributed by atoms with E-state index in [9.17, 15) is 19.6 Å². The van der Waals surface area contributed by atoms with Crippen molar-refractivity contribution in [1.82, 2.24) is 5.32 Å². The number of hydrogen-bond donors (Lipinski definition) is 1. The first-order valence-corrected chi connectivity index (χ1v) is 9.40. The molecule has 156 valence electrons. The summed E-state index contributed by atoms with van der Waals surface area (Å²) in [5.41, 5.74) is -4.56. The number of nitrogens with one attached hydrogen (secondary N) is 1. The highest BCUT2D eigenvalue weighted by Crippen LogP contribution is 2.52. The summed E-state index contributed by atoms with van der Waals surface area (Å²) in [4.78, 5) is 40.3. The third-order valence-electron chi connectivity index (χ3n) is 4.70. The number of nitrogens with zero attached hydrogens (tertiary/aromatic N) is 2. The van der Waals surface area contributed by atoms with Crippen LogP contribution in [0.1, 0.15) is 40.2 Å². The fourth-order valence-electron chi connectivity index (χ4n) is 3.37. The number of esters is 1. The van der Waals surface area contributed by atoms with Gasteiger partial charge < -0.3 is 19.7 Å². The van der Waals surface area contributed by atoms with Crippen molar-refractivity contribution in [1.29, 1.82) is 5.26 Å². The van der Waals surface area contributed by atoms with Crippen molar-refractivity contribution >= 4 is 35.3 Å². The van der Waals surface area contributed by atoms with Crippen LogP contribution in [0.3, 0.4) is 0 Å². The van der Waals surface area contributed by atoms with Crippen LogP contribution in [0.15, 0.2) is 18.2 Å². The summed E-state index contributed by atoms with van der Waals surface area (Å²) in [6, 6.07) is 6.57. The van der Waals surface area contributed by atoms with Crippen molar-refractivity contribution in [3.8, 4) is 6.07 Å². The molecule has 0 radical (unpaired) electrons. The molecule has 0 aliphatic carbocycles. The Morgan fingerprint density at radius 1 is 1.31 bits per heavy atom. The van der Waals surface area contributed by atoms with Crippen LogP contribution >= 0.6 is 11.6 Å². The molecule has 0 saturated heterocycles. The maximum atomic E-state index is 13.5. The number of nitriles is 1. The summed E-state index contributed by atoms with van der Waals surface area (Å²) >= 11 is 6.30. The summed E-state index contributed by atoms with van der Waals surface area (Å²) in [5, 5.41) is 12.7. The van der Waals surface area contributed by atoms with Crippen LogP contribution in [-0.2, 0) is 24.6 Å². The van der Waals surface area contributed by atoms with E-state index in [1.807, 2.05) is 6.07 Å². The molecule has 1 aromatic carbocycles. The molecule has 2 atom stereocenters. The minimum Gasteiger partial charge on any atom is -0.465 e. The molecule has 0 bridgehead atoms. The third-order valence-corrected chi connectivity index (χ3v) is 5.00. The second-order valence-electron chi connectivity index (χ2n) is 7.83. The molecule has 29 heavy (non-hydrogen) atoms. The minimum atomic E-state index is -2.10. The summed E-state index contributed by atoms with van der Waals surface area (Å²) in [6.07, 6.45) is -0.960. The van der Waals surface area contributed by atoms with Gasteiger partial charge in [-0.3, -0.25) is 9.59 Å². The molecule has 2 unspecified atom stereocenters. The van der Waals surface area contributed by atoms with E-state index in [1.165, 1.54) is 24.9 Å². The van der Waals surface area contributed by atoms with E-state index in [-0.39, 0.29) is 17.2 Å². The number of ether oxygens (including phenoxy) is 2. The van der Waals surface area contributed by atoms with E-state index in [1.54, 1.807) is 39.8 Å². The number of carbonyl (C=O) groups excluding carboxylic acids is 3. The van der Waals surface area contributed by atoms with Gasteiger partial charge in [-0.15, -0.1) is 0 Å². The zero-order valence-corrected chi connectivity index (χ0v) is 18.0. The molecule has 1 aliphatic rings. The standard InChI is InChI=1S/C20H24ClN3O5/c1-7-28-16(26)19(5,11-22)20(23-17(27)29-18(2,3)4)12-9-8-10-13(21)14(12)24(6)15(20)25/h8-10H,7H2,1-6H3,(H,23,27). The lowest BCUT2D eigenvalue weighted by atomic mass is 9.68.